The predicted molar refractivity (Wildman–Crippen MR) is 136 cm³/mol. The van der Waals surface area contributed by atoms with Crippen molar-refractivity contribution in [2.45, 2.75) is 33.2 Å². The molecule has 0 spiro atoms. The Morgan fingerprint density at radius 3 is 2.46 bits per heavy atom. The average molecular weight is 472 g/mol. The van der Waals surface area contributed by atoms with Crippen molar-refractivity contribution in [1.82, 2.24) is 0 Å². The summed E-state index contributed by atoms with van der Waals surface area (Å²) in [4.78, 5) is 28.1. The van der Waals surface area contributed by atoms with Gasteiger partial charge in [0.1, 0.15) is 17.3 Å². The summed E-state index contributed by atoms with van der Waals surface area (Å²) in [7, 11) is 1.56. The molecule has 3 aromatic carbocycles. The predicted octanol–water partition coefficient (Wildman–Crippen LogP) is 5.73. The maximum Gasteiger partial charge on any atom is 0.300 e. The number of carbonyl (C=O) groups excluding carboxylic acids is 2. The number of methoxy groups -OCH3 is 1. The van der Waals surface area contributed by atoms with E-state index in [1.807, 2.05) is 45.0 Å². The van der Waals surface area contributed by atoms with Crippen molar-refractivity contribution in [3.8, 4) is 11.5 Å². The molecule has 1 unspecified atom stereocenters. The SMILES string of the molecule is CCCOc1ccc(/C(O)=C2/C(=O)C(=O)N(c3cccc(C)c3)C2c2cccc(OC)c2)cc1C. The molecule has 1 aliphatic rings. The monoisotopic (exact) mass is 471 g/mol. The van der Waals surface area contributed by atoms with Crippen LogP contribution in [0.25, 0.3) is 5.76 Å². The van der Waals surface area contributed by atoms with Crippen molar-refractivity contribution in [2.24, 2.45) is 0 Å². The van der Waals surface area contributed by atoms with Gasteiger partial charge in [0.15, 0.2) is 0 Å². The molecule has 0 aliphatic carbocycles. The van der Waals surface area contributed by atoms with Crippen LogP contribution in [0, 0.1) is 13.8 Å². The van der Waals surface area contributed by atoms with Crippen molar-refractivity contribution in [3.05, 3.63) is 94.6 Å². The number of aryl methyl sites for hydroxylation is 2. The molecular weight excluding hydrogens is 442 g/mol. The lowest BCUT2D eigenvalue weighted by Gasteiger charge is -2.26. The van der Waals surface area contributed by atoms with Crippen molar-refractivity contribution in [1.29, 1.82) is 0 Å². The standard InChI is InChI=1S/C29H29NO5/c1-5-14-35-24-13-12-21(16-19(24)3)27(31)25-26(20-9-7-11-23(17-20)34-4)30(29(33)28(25)32)22-10-6-8-18(2)15-22/h6-13,15-17,26,31H,5,14H2,1-4H3/b27-25-. The van der Waals surface area contributed by atoms with Gasteiger partial charge >= 0.3 is 0 Å². The van der Waals surface area contributed by atoms with Gasteiger partial charge < -0.3 is 14.6 Å². The molecule has 1 amide bonds. The lowest BCUT2D eigenvalue weighted by molar-refractivity contribution is -0.132. The highest BCUT2D eigenvalue weighted by Gasteiger charge is 2.47. The lowest BCUT2D eigenvalue weighted by atomic mass is 9.94. The first-order chi connectivity index (χ1) is 16.8. The number of ether oxygens (including phenoxy) is 2. The highest BCUT2D eigenvalue weighted by molar-refractivity contribution is 6.51. The van der Waals surface area contributed by atoms with E-state index in [2.05, 4.69) is 0 Å². The van der Waals surface area contributed by atoms with E-state index in [1.54, 1.807) is 49.6 Å². The molecular formula is C29H29NO5. The van der Waals surface area contributed by atoms with Gasteiger partial charge in [-0.05, 0) is 79.4 Å². The highest BCUT2D eigenvalue weighted by Crippen LogP contribution is 2.43. The minimum absolute atomic E-state index is 0.0337. The van der Waals surface area contributed by atoms with Crippen LogP contribution in [-0.4, -0.2) is 30.5 Å². The minimum atomic E-state index is -0.816. The smallest absolute Gasteiger partial charge is 0.300 e. The number of carbonyl (C=O) groups is 2. The molecule has 0 radical (unpaired) electrons. The number of anilines is 1. The molecule has 0 aromatic heterocycles. The first kappa shape index (κ1) is 24.1. The Balaban J connectivity index is 1.89. The minimum Gasteiger partial charge on any atom is -0.507 e. The van der Waals surface area contributed by atoms with Crippen LogP contribution in [0.3, 0.4) is 0 Å². The Morgan fingerprint density at radius 2 is 1.77 bits per heavy atom. The van der Waals surface area contributed by atoms with Gasteiger partial charge in [-0.15, -0.1) is 0 Å². The second-order valence-corrected chi connectivity index (χ2v) is 8.61. The van der Waals surface area contributed by atoms with Gasteiger partial charge in [-0.25, -0.2) is 0 Å². The summed E-state index contributed by atoms with van der Waals surface area (Å²) in [5.74, 6) is -0.347. The average Bonchev–Trinajstić information content (AvgIpc) is 3.13. The molecule has 6 nitrogen and oxygen atoms in total. The molecule has 0 bridgehead atoms. The van der Waals surface area contributed by atoms with Gasteiger partial charge in [0, 0.05) is 11.3 Å². The van der Waals surface area contributed by atoms with E-state index < -0.39 is 17.7 Å². The van der Waals surface area contributed by atoms with Crippen molar-refractivity contribution in [2.75, 3.05) is 18.6 Å². The number of amides is 1. The first-order valence-electron chi connectivity index (χ1n) is 11.6. The van der Waals surface area contributed by atoms with E-state index in [9.17, 15) is 14.7 Å². The van der Waals surface area contributed by atoms with Crippen molar-refractivity contribution < 1.29 is 24.2 Å². The second-order valence-electron chi connectivity index (χ2n) is 8.61. The van der Waals surface area contributed by atoms with Gasteiger partial charge in [0.25, 0.3) is 11.7 Å². The van der Waals surface area contributed by atoms with E-state index >= 15 is 0 Å². The molecule has 4 rings (SSSR count). The first-order valence-corrected chi connectivity index (χ1v) is 11.6. The number of benzene rings is 3. The quantitative estimate of drug-likeness (QED) is 0.271. The normalized spacial score (nSPS) is 17.0. The second kappa shape index (κ2) is 10.1. The van der Waals surface area contributed by atoms with Crippen LogP contribution in [0.15, 0.2) is 72.3 Å². The van der Waals surface area contributed by atoms with Gasteiger partial charge in [-0.3, -0.25) is 14.5 Å². The summed E-state index contributed by atoms with van der Waals surface area (Å²) in [5.41, 5.74) is 3.50. The van der Waals surface area contributed by atoms with Gasteiger partial charge in [0.2, 0.25) is 0 Å². The largest absolute Gasteiger partial charge is 0.507 e. The van der Waals surface area contributed by atoms with Crippen LogP contribution in [0.4, 0.5) is 5.69 Å². The third-order valence-electron chi connectivity index (χ3n) is 6.04. The molecule has 6 heteroatoms. The maximum absolute atomic E-state index is 13.4. The number of rotatable bonds is 7. The number of Topliss-reactive ketones (excluding diaryl/α,β-unsaturated/α-hetero) is 1. The van der Waals surface area contributed by atoms with E-state index in [-0.39, 0.29) is 11.3 Å². The number of ketones is 1. The lowest BCUT2D eigenvalue weighted by Crippen LogP contribution is -2.29. The summed E-state index contributed by atoms with van der Waals surface area (Å²) >= 11 is 0. The summed E-state index contributed by atoms with van der Waals surface area (Å²) in [6.07, 6.45) is 0.879. The van der Waals surface area contributed by atoms with Gasteiger partial charge in [0.05, 0.1) is 25.3 Å². The summed E-state index contributed by atoms with van der Waals surface area (Å²) in [6.45, 7) is 6.42. The molecule has 1 aliphatic heterocycles. The molecule has 1 atom stereocenters. The number of hydrogen-bond acceptors (Lipinski definition) is 5. The molecule has 1 heterocycles. The Hall–Kier alpha value is -4.06. The Kier molecular flexibility index (Phi) is 6.92. The molecule has 1 N–H and O–H groups in total. The number of hydrogen-bond donors (Lipinski definition) is 1. The molecule has 3 aromatic rings. The van der Waals surface area contributed by atoms with E-state index in [4.69, 9.17) is 9.47 Å². The van der Waals surface area contributed by atoms with E-state index in [0.29, 0.717) is 34.9 Å². The van der Waals surface area contributed by atoms with Crippen LogP contribution in [0.2, 0.25) is 0 Å². The molecule has 1 fully saturated rings. The zero-order chi connectivity index (χ0) is 25.1. The Bertz CT molecular complexity index is 1310. The maximum atomic E-state index is 13.4. The fourth-order valence-electron chi connectivity index (χ4n) is 4.33. The molecule has 0 saturated carbocycles. The zero-order valence-corrected chi connectivity index (χ0v) is 20.4. The Labute approximate surface area is 205 Å². The zero-order valence-electron chi connectivity index (χ0n) is 20.4. The van der Waals surface area contributed by atoms with E-state index in [1.165, 1.54) is 4.90 Å². The van der Waals surface area contributed by atoms with Crippen LogP contribution in [0.1, 0.15) is 41.6 Å². The summed E-state index contributed by atoms with van der Waals surface area (Å²) in [6, 6.07) is 19.0. The fraction of sp³-hybridized carbons (Fsp3) is 0.241. The van der Waals surface area contributed by atoms with Gasteiger partial charge in [-0.1, -0.05) is 31.2 Å². The van der Waals surface area contributed by atoms with Crippen LogP contribution in [0.5, 0.6) is 11.5 Å². The van der Waals surface area contributed by atoms with Crippen molar-refractivity contribution >= 4 is 23.1 Å². The summed E-state index contributed by atoms with van der Waals surface area (Å²) in [5, 5.41) is 11.4. The van der Waals surface area contributed by atoms with Crippen LogP contribution >= 0.6 is 0 Å². The Morgan fingerprint density at radius 1 is 1.00 bits per heavy atom. The third-order valence-corrected chi connectivity index (χ3v) is 6.04. The molecule has 1 saturated heterocycles. The topological polar surface area (TPSA) is 76.1 Å². The van der Waals surface area contributed by atoms with Crippen molar-refractivity contribution in [3.63, 3.8) is 0 Å². The number of nitrogens with zero attached hydrogens (tertiary/aromatic N) is 1. The third kappa shape index (κ3) is 4.64. The number of aliphatic hydroxyl groups excluding tert-OH is 1. The van der Waals surface area contributed by atoms with Crippen LogP contribution in [-0.2, 0) is 9.59 Å². The summed E-state index contributed by atoms with van der Waals surface area (Å²) < 4.78 is 11.1. The number of aliphatic hydroxyl groups is 1. The molecule has 35 heavy (non-hydrogen) atoms. The molecule has 180 valence electrons. The fourth-order valence-corrected chi connectivity index (χ4v) is 4.33. The van der Waals surface area contributed by atoms with Crippen LogP contribution < -0.4 is 14.4 Å². The van der Waals surface area contributed by atoms with E-state index in [0.717, 1.165) is 17.5 Å². The highest BCUT2D eigenvalue weighted by atomic mass is 16.5. The van der Waals surface area contributed by atoms with Gasteiger partial charge in [-0.2, -0.15) is 0 Å².